The van der Waals surface area contributed by atoms with Gasteiger partial charge in [-0.2, -0.15) is 0 Å². The number of benzene rings is 1. The summed E-state index contributed by atoms with van der Waals surface area (Å²) in [6.07, 6.45) is 9.39. The first-order valence-electron chi connectivity index (χ1n) is 10.3. The van der Waals surface area contributed by atoms with Gasteiger partial charge in [0.2, 0.25) is 0 Å². The number of fused-ring (bicyclic) bond motifs is 1. The zero-order valence-corrected chi connectivity index (χ0v) is 16.7. The van der Waals surface area contributed by atoms with Crippen molar-refractivity contribution in [1.82, 2.24) is 9.80 Å². The first kappa shape index (κ1) is 18.1. The van der Waals surface area contributed by atoms with Gasteiger partial charge in [0.1, 0.15) is 0 Å². The molecule has 3 fully saturated rings. The summed E-state index contributed by atoms with van der Waals surface area (Å²) in [6.45, 7) is 3.82. The predicted octanol–water partition coefficient (Wildman–Crippen LogP) is 3.68. The van der Waals surface area contributed by atoms with Crippen molar-refractivity contribution in [3.8, 4) is 11.5 Å². The van der Waals surface area contributed by atoms with E-state index in [1.165, 1.54) is 70.1 Å². The maximum absolute atomic E-state index is 5.61. The Morgan fingerprint density at radius 3 is 2.46 bits per heavy atom. The first-order valence-corrected chi connectivity index (χ1v) is 10.3. The van der Waals surface area contributed by atoms with Gasteiger partial charge in [0.25, 0.3) is 0 Å². The van der Waals surface area contributed by atoms with E-state index in [1.807, 2.05) is 0 Å². The third kappa shape index (κ3) is 3.01. The molecule has 1 saturated carbocycles. The summed E-state index contributed by atoms with van der Waals surface area (Å²) in [5.41, 5.74) is 1.72. The average molecular weight is 359 g/mol. The van der Waals surface area contributed by atoms with Crippen LogP contribution in [0.3, 0.4) is 0 Å². The summed E-state index contributed by atoms with van der Waals surface area (Å²) in [5, 5.41) is 0. The quantitative estimate of drug-likeness (QED) is 0.820. The van der Waals surface area contributed by atoms with Crippen LogP contribution in [-0.4, -0.2) is 62.8 Å². The summed E-state index contributed by atoms with van der Waals surface area (Å²) in [7, 11) is 5.78. The van der Waals surface area contributed by atoms with Crippen LogP contribution < -0.4 is 9.47 Å². The minimum absolute atomic E-state index is 0.278. The van der Waals surface area contributed by atoms with Gasteiger partial charge in [-0.3, -0.25) is 0 Å². The molecule has 3 aliphatic rings. The molecule has 4 rings (SSSR count). The second-order valence-electron chi connectivity index (χ2n) is 8.50. The van der Waals surface area contributed by atoms with Gasteiger partial charge < -0.3 is 19.3 Å². The number of hydrogen-bond acceptors (Lipinski definition) is 4. The van der Waals surface area contributed by atoms with Crippen LogP contribution >= 0.6 is 0 Å². The minimum Gasteiger partial charge on any atom is -0.493 e. The van der Waals surface area contributed by atoms with Gasteiger partial charge in [0.15, 0.2) is 11.5 Å². The largest absolute Gasteiger partial charge is 0.493 e. The first-order chi connectivity index (χ1) is 12.7. The van der Waals surface area contributed by atoms with E-state index in [0.717, 1.165) is 17.5 Å². The molecule has 3 atom stereocenters. The zero-order chi connectivity index (χ0) is 18.1. The van der Waals surface area contributed by atoms with Crippen LogP contribution in [0.4, 0.5) is 0 Å². The van der Waals surface area contributed by atoms with Gasteiger partial charge in [0, 0.05) is 17.5 Å². The third-order valence-corrected chi connectivity index (χ3v) is 7.37. The average Bonchev–Trinajstić information content (AvgIpc) is 3.05. The molecule has 1 aliphatic carbocycles. The maximum Gasteiger partial charge on any atom is 0.161 e. The summed E-state index contributed by atoms with van der Waals surface area (Å²) in [5.74, 6) is 1.70. The summed E-state index contributed by atoms with van der Waals surface area (Å²) in [4.78, 5) is 5.40. The molecule has 0 unspecified atom stereocenters. The molecule has 4 nitrogen and oxygen atoms in total. The Hall–Kier alpha value is -1.26. The Kier molecular flexibility index (Phi) is 5.15. The van der Waals surface area contributed by atoms with Crippen LogP contribution in [-0.2, 0) is 5.41 Å². The van der Waals surface area contributed by atoms with Crippen LogP contribution in [0.25, 0.3) is 0 Å². The Morgan fingerprint density at radius 2 is 1.73 bits per heavy atom. The number of methoxy groups -OCH3 is 2. The number of likely N-dealkylation sites (N-methyl/N-ethyl adjacent to an activating group) is 1. The van der Waals surface area contributed by atoms with E-state index >= 15 is 0 Å². The molecule has 0 radical (unpaired) electrons. The van der Waals surface area contributed by atoms with Crippen LogP contribution in [0.1, 0.15) is 50.5 Å². The molecule has 0 amide bonds. The van der Waals surface area contributed by atoms with E-state index in [1.54, 1.807) is 14.2 Å². The highest BCUT2D eigenvalue weighted by atomic mass is 16.5. The molecular formula is C22H34N2O2. The second kappa shape index (κ2) is 7.40. The highest BCUT2D eigenvalue weighted by Crippen LogP contribution is 2.50. The van der Waals surface area contributed by atoms with E-state index < -0.39 is 0 Å². The summed E-state index contributed by atoms with van der Waals surface area (Å²) >= 11 is 0. The normalized spacial score (nSPS) is 33.0. The molecule has 2 saturated heterocycles. The number of rotatable bonds is 4. The highest BCUT2D eigenvalue weighted by Gasteiger charge is 2.51. The minimum atomic E-state index is 0.278. The van der Waals surface area contributed by atoms with Crippen molar-refractivity contribution >= 4 is 0 Å². The van der Waals surface area contributed by atoms with Gasteiger partial charge >= 0.3 is 0 Å². The van der Waals surface area contributed by atoms with Crippen molar-refractivity contribution in [3.05, 3.63) is 23.8 Å². The van der Waals surface area contributed by atoms with Gasteiger partial charge in [0.05, 0.1) is 14.2 Å². The van der Waals surface area contributed by atoms with Crippen LogP contribution in [0.15, 0.2) is 18.2 Å². The number of nitrogens with zero attached hydrogens (tertiary/aromatic N) is 2. The molecule has 0 spiro atoms. The van der Waals surface area contributed by atoms with Crippen molar-refractivity contribution in [1.29, 1.82) is 0 Å². The number of likely N-dealkylation sites (tertiary alicyclic amines) is 2. The van der Waals surface area contributed by atoms with Gasteiger partial charge in [-0.05, 0) is 82.9 Å². The lowest BCUT2D eigenvalue weighted by molar-refractivity contribution is 0.0696. The third-order valence-electron chi connectivity index (χ3n) is 7.37. The molecule has 0 N–H and O–H groups in total. The lowest BCUT2D eigenvalue weighted by atomic mass is 9.64. The van der Waals surface area contributed by atoms with E-state index in [4.69, 9.17) is 9.47 Å². The number of piperidine rings is 1. The maximum atomic E-state index is 5.61. The monoisotopic (exact) mass is 358 g/mol. The van der Waals surface area contributed by atoms with Crippen molar-refractivity contribution in [2.75, 3.05) is 40.9 Å². The summed E-state index contributed by atoms with van der Waals surface area (Å²) in [6, 6.07) is 8.03. The van der Waals surface area contributed by atoms with Crippen LogP contribution in [0, 0.1) is 0 Å². The second-order valence-corrected chi connectivity index (χ2v) is 8.50. The number of hydrogen-bond donors (Lipinski definition) is 0. The standard InChI is InChI=1S/C22H34N2O2/c1-23-14-11-22(17-7-8-19(25-2)20(15-17)26-3)10-9-18(16-21(22)23)24-12-5-4-6-13-24/h7-8,15,18,21H,4-6,9-14,16H2,1-3H3/t18-,21-,22-/m0/s1. The Morgan fingerprint density at radius 1 is 0.962 bits per heavy atom. The highest BCUT2D eigenvalue weighted by molar-refractivity contribution is 5.46. The lowest BCUT2D eigenvalue weighted by Crippen LogP contribution is -2.52. The predicted molar refractivity (Wildman–Crippen MR) is 105 cm³/mol. The van der Waals surface area contributed by atoms with E-state index in [-0.39, 0.29) is 5.41 Å². The Labute approximate surface area is 158 Å². The molecular weight excluding hydrogens is 324 g/mol. The van der Waals surface area contributed by atoms with Gasteiger partial charge in [-0.15, -0.1) is 0 Å². The van der Waals surface area contributed by atoms with Gasteiger partial charge in [-0.1, -0.05) is 12.5 Å². The van der Waals surface area contributed by atoms with Crippen LogP contribution in [0.5, 0.6) is 11.5 Å². The fourth-order valence-corrected chi connectivity index (χ4v) is 5.86. The van der Waals surface area contributed by atoms with Gasteiger partial charge in [-0.25, -0.2) is 0 Å². The molecule has 0 bridgehead atoms. The smallest absolute Gasteiger partial charge is 0.161 e. The van der Waals surface area contributed by atoms with Crippen LogP contribution in [0.2, 0.25) is 0 Å². The van der Waals surface area contributed by atoms with Crippen molar-refractivity contribution in [2.45, 2.75) is 62.4 Å². The van der Waals surface area contributed by atoms with E-state index in [2.05, 4.69) is 35.0 Å². The SMILES string of the molecule is COc1ccc([C@@]23CC[C@H](N4CCCCC4)C[C@@H]2N(C)CC3)cc1OC. The Balaban J connectivity index is 1.61. The molecule has 2 heterocycles. The number of ether oxygens (including phenoxy) is 2. The topological polar surface area (TPSA) is 24.9 Å². The zero-order valence-electron chi connectivity index (χ0n) is 16.7. The van der Waals surface area contributed by atoms with E-state index in [0.29, 0.717) is 6.04 Å². The van der Waals surface area contributed by atoms with E-state index in [9.17, 15) is 0 Å². The Bertz CT molecular complexity index is 629. The fraction of sp³-hybridized carbons (Fsp3) is 0.727. The molecule has 26 heavy (non-hydrogen) atoms. The van der Waals surface area contributed by atoms with Crippen molar-refractivity contribution in [3.63, 3.8) is 0 Å². The fourth-order valence-electron chi connectivity index (χ4n) is 5.86. The molecule has 1 aromatic rings. The van der Waals surface area contributed by atoms with Crippen molar-refractivity contribution in [2.24, 2.45) is 0 Å². The molecule has 1 aromatic carbocycles. The van der Waals surface area contributed by atoms with Crippen molar-refractivity contribution < 1.29 is 9.47 Å². The lowest BCUT2D eigenvalue weighted by Gasteiger charge is -2.48. The molecule has 144 valence electrons. The molecule has 2 aliphatic heterocycles. The molecule has 4 heteroatoms. The summed E-state index contributed by atoms with van der Waals surface area (Å²) < 4.78 is 11.1. The molecule has 0 aromatic heterocycles.